The number of esters is 1. The summed E-state index contributed by atoms with van der Waals surface area (Å²) in [5, 5.41) is 11.6. The zero-order chi connectivity index (χ0) is 28.6. The van der Waals surface area contributed by atoms with Crippen LogP contribution in [0.25, 0.3) is 17.4 Å². The number of hydrogen-bond donors (Lipinski definition) is 0. The zero-order valence-electron chi connectivity index (χ0n) is 21.5. The van der Waals surface area contributed by atoms with Gasteiger partial charge < -0.3 is 13.9 Å². The number of rotatable bonds is 7. The summed E-state index contributed by atoms with van der Waals surface area (Å²) in [5.74, 6) is 0.703. The molecule has 10 nitrogen and oxygen atoms in total. The van der Waals surface area contributed by atoms with Crippen LogP contribution in [0.5, 0.6) is 5.75 Å². The van der Waals surface area contributed by atoms with Crippen molar-refractivity contribution in [3.63, 3.8) is 0 Å². The maximum Gasteiger partial charge on any atom is 0.338 e. The van der Waals surface area contributed by atoms with Crippen LogP contribution in [0.2, 0.25) is 0 Å². The molecule has 0 radical (unpaired) electrons. The van der Waals surface area contributed by atoms with E-state index in [1.54, 1.807) is 75.6 Å². The Hall–Kier alpha value is -4.29. The summed E-state index contributed by atoms with van der Waals surface area (Å²) in [4.78, 5) is 42.8. The van der Waals surface area contributed by atoms with Crippen LogP contribution in [-0.4, -0.2) is 29.2 Å². The van der Waals surface area contributed by atoms with Gasteiger partial charge in [-0.1, -0.05) is 39.4 Å². The minimum atomic E-state index is -0.763. The topological polar surface area (TPSA) is 126 Å². The van der Waals surface area contributed by atoms with Crippen LogP contribution >= 0.6 is 27.3 Å². The van der Waals surface area contributed by atoms with Crippen LogP contribution in [0, 0.1) is 10.1 Å². The summed E-state index contributed by atoms with van der Waals surface area (Å²) in [6.07, 6.45) is 1.56. The van der Waals surface area contributed by atoms with E-state index in [0.717, 1.165) is 11.3 Å². The number of carbonyl (C=O) groups is 1. The lowest BCUT2D eigenvalue weighted by Crippen LogP contribution is -2.39. The number of thiazole rings is 1. The average molecular weight is 624 g/mol. The molecular formula is C28H22BrN3O7S. The van der Waals surface area contributed by atoms with Gasteiger partial charge in [0.2, 0.25) is 0 Å². The van der Waals surface area contributed by atoms with Crippen molar-refractivity contribution < 1.29 is 23.6 Å². The van der Waals surface area contributed by atoms with Crippen LogP contribution < -0.4 is 19.6 Å². The van der Waals surface area contributed by atoms with E-state index in [1.165, 1.54) is 10.6 Å². The van der Waals surface area contributed by atoms with Gasteiger partial charge in [0.05, 0.1) is 46.0 Å². The third kappa shape index (κ3) is 5.03. The SMILES string of the molecule is CCOC(=O)C1=C(C)N=c2s/c(=C\c3ccc(-c4ccc(Br)cc4[N+](=O)[O-])o3)c(=O)n2[C@@H]1c1ccc(OC)cc1. The largest absolute Gasteiger partial charge is 0.497 e. The van der Waals surface area contributed by atoms with Gasteiger partial charge in [0.15, 0.2) is 4.80 Å². The summed E-state index contributed by atoms with van der Waals surface area (Å²) in [6.45, 7) is 3.60. The molecule has 0 bridgehead atoms. The van der Waals surface area contributed by atoms with Gasteiger partial charge in [-0.3, -0.25) is 19.5 Å². The number of nitro benzene ring substituents is 1. The molecule has 1 aliphatic rings. The van der Waals surface area contributed by atoms with E-state index < -0.39 is 16.9 Å². The molecule has 0 amide bonds. The number of nitrogens with zero attached hydrogens (tertiary/aromatic N) is 3. The fourth-order valence-corrected chi connectivity index (χ4v) is 5.84. The molecule has 2 aromatic heterocycles. The van der Waals surface area contributed by atoms with Crippen molar-refractivity contribution in [1.82, 2.24) is 4.57 Å². The maximum atomic E-state index is 13.8. The number of furan rings is 1. The second-order valence-electron chi connectivity index (χ2n) is 8.70. The smallest absolute Gasteiger partial charge is 0.338 e. The summed E-state index contributed by atoms with van der Waals surface area (Å²) < 4.78 is 18.8. The van der Waals surface area contributed by atoms with E-state index in [1.807, 2.05) is 0 Å². The molecule has 0 N–H and O–H groups in total. The first-order valence-electron chi connectivity index (χ1n) is 12.1. The number of hydrogen-bond acceptors (Lipinski definition) is 9. The predicted octanol–water partition coefficient (Wildman–Crippen LogP) is 4.74. The molecule has 1 aliphatic heterocycles. The second kappa shape index (κ2) is 11.1. The fourth-order valence-electron chi connectivity index (χ4n) is 4.46. The quantitative estimate of drug-likeness (QED) is 0.165. The Morgan fingerprint density at radius 3 is 2.65 bits per heavy atom. The van der Waals surface area contributed by atoms with Gasteiger partial charge in [0, 0.05) is 16.6 Å². The van der Waals surface area contributed by atoms with Crippen LogP contribution in [0.4, 0.5) is 5.69 Å². The number of halogens is 1. The van der Waals surface area contributed by atoms with Crippen molar-refractivity contribution in [3.05, 3.63) is 111 Å². The normalized spacial score (nSPS) is 15.0. The Morgan fingerprint density at radius 2 is 1.98 bits per heavy atom. The molecule has 5 rings (SSSR count). The summed E-state index contributed by atoms with van der Waals surface area (Å²) in [5.41, 5.74) is 1.24. The van der Waals surface area contributed by atoms with Crippen molar-refractivity contribution in [2.24, 2.45) is 4.99 Å². The van der Waals surface area contributed by atoms with Crippen LogP contribution in [-0.2, 0) is 9.53 Å². The second-order valence-corrected chi connectivity index (χ2v) is 10.6. The van der Waals surface area contributed by atoms with Gasteiger partial charge in [-0.25, -0.2) is 9.79 Å². The molecule has 0 saturated carbocycles. The van der Waals surface area contributed by atoms with Gasteiger partial charge >= 0.3 is 5.97 Å². The molecule has 0 saturated heterocycles. The molecule has 40 heavy (non-hydrogen) atoms. The van der Waals surface area contributed by atoms with E-state index >= 15 is 0 Å². The highest BCUT2D eigenvalue weighted by Gasteiger charge is 2.33. The lowest BCUT2D eigenvalue weighted by Gasteiger charge is -2.24. The van der Waals surface area contributed by atoms with E-state index in [-0.39, 0.29) is 29.2 Å². The Bertz CT molecular complexity index is 1850. The van der Waals surface area contributed by atoms with Crippen molar-refractivity contribution >= 4 is 45.0 Å². The van der Waals surface area contributed by atoms with Crippen molar-refractivity contribution in [1.29, 1.82) is 0 Å². The summed E-state index contributed by atoms with van der Waals surface area (Å²) >= 11 is 4.40. The number of methoxy groups -OCH3 is 1. The molecule has 12 heteroatoms. The Balaban J connectivity index is 1.63. The Labute approximate surface area is 239 Å². The fraction of sp³-hybridized carbons (Fsp3) is 0.179. The number of benzene rings is 2. The molecule has 0 spiro atoms. The minimum Gasteiger partial charge on any atom is -0.497 e. The molecule has 0 fully saturated rings. The number of nitro groups is 1. The molecule has 0 aliphatic carbocycles. The number of carbonyl (C=O) groups excluding carboxylic acids is 1. The van der Waals surface area contributed by atoms with E-state index in [2.05, 4.69) is 20.9 Å². The standard InChI is InChI=1S/C28H22BrN3O7S/c1-4-38-27(34)24-15(2)30-28-31(25(24)16-5-8-18(37-3)9-6-16)26(33)23(40-28)14-19-10-12-22(39-19)20-11-7-17(29)13-21(20)32(35)36/h5-14,25H,4H2,1-3H3/b23-14-/t25-/m1/s1. The van der Waals surface area contributed by atoms with Crippen molar-refractivity contribution in [2.75, 3.05) is 13.7 Å². The first-order chi connectivity index (χ1) is 19.2. The highest BCUT2D eigenvalue weighted by atomic mass is 79.9. The van der Waals surface area contributed by atoms with Crippen molar-refractivity contribution in [2.45, 2.75) is 19.9 Å². The van der Waals surface area contributed by atoms with Gasteiger partial charge in [-0.2, -0.15) is 0 Å². The average Bonchev–Trinajstić information content (AvgIpc) is 3.52. The molecule has 0 unspecified atom stereocenters. The van der Waals surface area contributed by atoms with Gasteiger partial charge in [-0.15, -0.1) is 0 Å². The maximum absolute atomic E-state index is 13.8. The Kier molecular flexibility index (Phi) is 7.55. The van der Waals surface area contributed by atoms with Gasteiger partial charge in [0.25, 0.3) is 11.2 Å². The lowest BCUT2D eigenvalue weighted by atomic mass is 9.96. The molecule has 2 aromatic carbocycles. The Morgan fingerprint density at radius 1 is 1.23 bits per heavy atom. The van der Waals surface area contributed by atoms with Crippen LogP contribution in [0.15, 0.2) is 84.5 Å². The first kappa shape index (κ1) is 27.3. The van der Waals surface area contributed by atoms with E-state index in [0.29, 0.717) is 42.1 Å². The number of allylic oxidation sites excluding steroid dienone is 1. The number of ether oxygens (including phenoxy) is 2. The molecule has 204 valence electrons. The monoisotopic (exact) mass is 623 g/mol. The zero-order valence-corrected chi connectivity index (χ0v) is 23.9. The summed E-state index contributed by atoms with van der Waals surface area (Å²) in [6, 6.07) is 14.3. The third-order valence-electron chi connectivity index (χ3n) is 6.27. The van der Waals surface area contributed by atoms with Gasteiger partial charge in [0.1, 0.15) is 17.3 Å². The number of fused-ring (bicyclic) bond motifs is 1. The van der Waals surface area contributed by atoms with Crippen LogP contribution in [0.3, 0.4) is 0 Å². The highest BCUT2D eigenvalue weighted by molar-refractivity contribution is 9.10. The van der Waals surface area contributed by atoms with E-state index in [9.17, 15) is 19.7 Å². The van der Waals surface area contributed by atoms with E-state index in [4.69, 9.17) is 13.9 Å². The molecular weight excluding hydrogens is 602 g/mol. The first-order valence-corrected chi connectivity index (χ1v) is 13.7. The van der Waals surface area contributed by atoms with Crippen molar-refractivity contribution in [3.8, 4) is 17.1 Å². The molecule has 4 aromatic rings. The third-order valence-corrected chi connectivity index (χ3v) is 7.75. The summed E-state index contributed by atoms with van der Waals surface area (Å²) in [7, 11) is 1.56. The highest BCUT2D eigenvalue weighted by Crippen LogP contribution is 2.34. The molecule has 3 heterocycles. The molecule has 1 atom stereocenters. The van der Waals surface area contributed by atoms with Gasteiger partial charge in [-0.05, 0) is 55.8 Å². The predicted molar refractivity (Wildman–Crippen MR) is 152 cm³/mol. The minimum absolute atomic E-state index is 0.115. The lowest BCUT2D eigenvalue weighted by molar-refractivity contribution is -0.384. The number of aromatic nitrogens is 1. The van der Waals surface area contributed by atoms with Crippen LogP contribution in [0.1, 0.15) is 31.2 Å².